The molecule has 0 aromatic carbocycles. The van der Waals surface area contributed by atoms with E-state index in [4.69, 9.17) is 24.9 Å². The van der Waals surface area contributed by atoms with Crippen LogP contribution in [0.25, 0.3) is 16.9 Å². The molecule has 1 fully saturated rings. The lowest BCUT2D eigenvalue weighted by Gasteiger charge is -2.27. The quantitative estimate of drug-likeness (QED) is 0.338. The van der Waals surface area contributed by atoms with E-state index in [9.17, 15) is 31.1 Å². The maximum atomic E-state index is 11.1. The minimum Gasteiger partial charge on any atom is -0.481 e. The van der Waals surface area contributed by atoms with Gasteiger partial charge in [0.1, 0.15) is 5.82 Å². The summed E-state index contributed by atoms with van der Waals surface area (Å²) in [4.78, 5) is 37.3. The molecule has 39 heavy (non-hydrogen) atoms. The number of hydrogen-bond acceptors (Lipinski definition) is 7. The van der Waals surface area contributed by atoms with E-state index >= 15 is 0 Å². The average molecular weight is 565 g/mol. The second kappa shape index (κ2) is 12.9. The fourth-order valence-electron chi connectivity index (χ4n) is 3.36. The van der Waals surface area contributed by atoms with E-state index in [1.807, 2.05) is 28.8 Å². The molecule has 0 aliphatic heterocycles. The molecular weight excluding hydrogens is 544 g/mol. The van der Waals surface area contributed by atoms with Crippen LogP contribution in [0.4, 0.5) is 32.2 Å². The zero-order chi connectivity index (χ0) is 29.4. The van der Waals surface area contributed by atoms with Crippen molar-refractivity contribution in [1.29, 1.82) is 0 Å². The lowest BCUT2D eigenvalue weighted by molar-refractivity contribution is -0.193. The van der Waals surface area contributed by atoms with Gasteiger partial charge in [-0.05, 0) is 49.9 Å². The fourth-order valence-corrected chi connectivity index (χ4v) is 3.36. The Morgan fingerprint density at radius 3 is 1.82 bits per heavy atom. The van der Waals surface area contributed by atoms with Crippen LogP contribution in [0, 0.1) is 5.92 Å². The summed E-state index contributed by atoms with van der Waals surface area (Å²) in [6.45, 7) is 0. The summed E-state index contributed by atoms with van der Waals surface area (Å²) in [6.07, 6.45) is -1.75. The third-order valence-electron chi connectivity index (χ3n) is 5.25. The lowest BCUT2D eigenvalue weighted by Crippen LogP contribution is -2.29. The van der Waals surface area contributed by atoms with Gasteiger partial charge in [-0.1, -0.05) is 0 Å². The van der Waals surface area contributed by atoms with Gasteiger partial charge in [0.25, 0.3) is 0 Å². The molecule has 3 aromatic rings. The van der Waals surface area contributed by atoms with E-state index in [-0.39, 0.29) is 12.0 Å². The highest BCUT2D eigenvalue weighted by Crippen LogP contribution is 2.27. The Hall–Kier alpha value is -4.44. The summed E-state index contributed by atoms with van der Waals surface area (Å²) < 4.78 is 65.3. The Bertz CT molecular complexity index is 1250. The van der Waals surface area contributed by atoms with Crippen LogP contribution in [-0.4, -0.2) is 71.2 Å². The van der Waals surface area contributed by atoms with Gasteiger partial charge in [-0.25, -0.2) is 19.1 Å². The van der Waals surface area contributed by atoms with Crippen molar-refractivity contribution in [3.05, 3.63) is 42.9 Å². The number of alkyl halides is 6. The van der Waals surface area contributed by atoms with Gasteiger partial charge >= 0.3 is 30.3 Å². The third kappa shape index (κ3) is 9.42. The average Bonchev–Trinajstić information content (AvgIpc) is 3.28. The molecule has 0 amide bonds. The summed E-state index contributed by atoms with van der Waals surface area (Å²) in [5.74, 6) is -5.63. The number of rotatable bonds is 4. The van der Waals surface area contributed by atoms with Crippen LogP contribution in [0.1, 0.15) is 25.7 Å². The molecular formula is C22H21F6N5O6. The summed E-state index contributed by atoms with van der Waals surface area (Å²) in [5.41, 5.74) is 2.71. The van der Waals surface area contributed by atoms with E-state index in [1.54, 1.807) is 18.6 Å². The molecule has 4 N–H and O–H groups in total. The Balaban J connectivity index is 0.000000317. The molecule has 1 aliphatic carbocycles. The molecule has 212 valence electrons. The van der Waals surface area contributed by atoms with Gasteiger partial charge in [0.05, 0.1) is 17.8 Å². The monoisotopic (exact) mass is 565 g/mol. The number of nitrogens with one attached hydrogen (secondary N) is 1. The first-order valence-electron chi connectivity index (χ1n) is 10.9. The molecule has 17 heteroatoms. The number of carboxylic acid groups (broad SMARTS) is 3. The van der Waals surface area contributed by atoms with Gasteiger partial charge in [0.15, 0.2) is 5.65 Å². The van der Waals surface area contributed by atoms with Crippen molar-refractivity contribution < 1.29 is 56.0 Å². The first-order chi connectivity index (χ1) is 18.1. The van der Waals surface area contributed by atoms with Crippen molar-refractivity contribution in [2.45, 2.75) is 44.1 Å². The maximum absolute atomic E-state index is 11.1. The van der Waals surface area contributed by atoms with Gasteiger partial charge < -0.3 is 20.6 Å². The van der Waals surface area contributed by atoms with Gasteiger partial charge in [-0.2, -0.15) is 26.3 Å². The minimum absolute atomic E-state index is 0.208. The number of aliphatic carboxylic acids is 3. The third-order valence-corrected chi connectivity index (χ3v) is 5.25. The van der Waals surface area contributed by atoms with Crippen molar-refractivity contribution in [1.82, 2.24) is 19.6 Å². The summed E-state index contributed by atoms with van der Waals surface area (Å²) in [5, 5.41) is 31.5. The second-order valence-electron chi connectivity index (χ2n) is 8.00. The predicted molar refractivity (Wildman–Crippen MR) is 121 cm³/mol. The Morgan fingerprint density at radius 1 is 0.846 bits per heavy atom. The number of carbonyl (C=O) groups is 3. The number of hydrogen-bond donors (Lipinski definition) is 4. The number of carboxylic acids is 3. The Morgan fingerprint density at radius 2 is 1.36 bits per heavy atom. The highest BCUT2D eigenvalue weighted by atomic mass is 19.4. The molecule has 0 spiro atoms. The van der Waals surface area contributed by atoms with Crippen LogP contribution in [0.3, 0.4) is 0 Å². The van der Waals surface area contributed by atoms with Gasteiger partial charge in [-0.3, -0.25) is 9.78 Å². The van der Waals surface area contributed by atoms with Crippen molar-refractivity contribution in [2.24, 2.45) is 5.92 Å². The normalized spacial score (nSPS) is 17.2. The van der Waals surface area contributed by atoms with Gasteiger partial charge in [-0.15, -0.1) is 5.10 Å². The Kier molecular flexibility index (Phi) is 10.2. The van der Waals surface area contributed by atoms with Crippen LogP contribution in [-0.2, 0) is 14.4 Å². The number of imidazole rings is 1. The number of anilines is 1. The highest BCUT2D eigenvalue weighted by molar-refractivity contribution is 5.73. The van der Waals surface area contributed by atoms with E-state index in [1.165, 1.54) is 0 Å². The van der Waals surface area contributed by atoms with Gasteiger partial charge in [0.2, 0.25) is 0 Å². The van der Waals surface area contributed by atoms with Gasteiger partial charge in [0, 0.05) is 24.0 Å². The van der Waals surface area contributed by atoms with Crippen LogP contribution < -0.4 is 5.32 Å². The molecule has 0 bridgehead atoms. The zero-order valence-corrected chi connectivity index (χ0v) is 19.6. The van der Waals surface area contributed by atoms with Crippen molar-refractivity contribution >= 4 is 29.4 Å². The molecule has 0 atom stereocenters. The molecule has 0 radical (unpaired) electrons. The molecule has 4 rings (SSSR count). The fraction of sp³-hybridized carbons (Fsp3) is 0.364. The summed E-state index contributed by atoms with van der Waals surface area (Å²) >= 11 is 0. The topological polar surface area (TPSA) is 167 Å². The van der Waals surface area contributed by atoms with E-state index < -0.39 is 30.3 Å². The molecule has 3 aromatic heterocycles. The SMILES string of the molecule is O=C(O)C(F)(F)F.O=C(O)C(F)(F)F.O=C(O)C1CCC(Nc2ccc3ncc(-c4ccncc4)n3n2)CC1. The van der Waals surface area contributed by atoms with Crippen LogP contribution >= 0.6 is 0 Å². The minimum atomic E-state index is -5.08. The zero-order valence-electron chi connectivity index (χ0n) is 19.6. The lowest BCUT2D eigenvalue weighted by atomic mass is 9.86. The van der Waals surface area contributed by atoms with E-state index in [0.29, 0.717) is 12.8 Å². The first kappa shape index (κ1) is 30.8. The van der Waals surface area contributed by atoms with Crippen LogP contribution in [0.5, 0.6) is 0 Å². The number of fused-ring (bicyclic) bond motifs is 1. The predicted octanol–water partition coefficient (Wildman–Crippen LogP) is 4.11. The van der Waals surface area contributed by atoms with Crippen LogP contribution in [0.15, 0.2) is 42.9 Å². The van der Waals surface area contributed by atoms with Crippen molar-refractivity contribution in [3.63, 3.8) is 0 Å². The molecule has 11 nitrogen and oxygen atoms in total. The van der Waals surface area contributed by atoms with Crippen LogP contribution in [0.2, 0.25) is 0 Å². The number of aromatic nitrogens is 4. The molecule has 3 heterocycles. The standard InChI is InChI=1S/C18H19N5O2.2C2HF3O2/c24-18(25)13-1-3-14(4-2-13)21-16-5-6-17-20-11-15(23(17)22-16)12-7-9-19-10-8-12;2*3-2(4,5)1(6)7/h5-11,13-14H,1-4H2,(H,21,22)(H,24,25);2*(H,6,7). The van der Waals surface area contributed by atoms with Crippen molar-refractivity contribution in [3.8, 4) is 11.3 Å². The van der Waals surface area contributed by atoms with E-state index in [2.05, 4.69) is 20.4 Å². The maximum Gasteiger partial charge on any atom is 0.490 e. The molecule has 1 aliphatic rings. The Labute approximate surface area is 215 Å². The largest absolute Gasteiger partial charge is 0.490 e. The number of nitrogens with zero attached hydrogens (tertiary/aromatic N) is 4. The van der Waals surface area contributed by atoms with Crippen molar-refractivity contribution in [2.75, 3.05) is 5.32 Å². The van der Waals surface area contributed by atoms with E-state index in [0.717, 1.165) is 35.6 Å². The molecule has 1 saturated carbocycles. The number of pyridine rings is 1. The first-order valence-corrected chi connectivity index (χ1v) is 10.9. The highest BCUT2D eigenvalue weighted by Gasteiger charge is 2.38. The molecule has 0 saturated heterocycles. The summed E-state index contributed by atoms with van der Waals surface area (Å²) in [7, 11) is 0. The number of halogens is 6. The smallest absolute Gasteiger partial charge is 0.481 e. The second-order valence-corrected chi connectivity index (χ2v) is 8.00. The summed E-state index contributed by atoms with van der Waals surface area (Å²) in [6, 6.07) is 7.97. The molecule has 0 unspecified atom stereocenters.